The molecule has 7 heteroatoms. The fourth-order valence-electron chi connectivity index (χ4n) is 0.0412. The molecule has 4 nitrogen and oxygen atoms in total. The van der Waals surface area contributed by atoms with Gasteiger partial charge in [-0.05, 0) is 0 Å². The smallest absolute Gasteiger partial charge is 1.00 e. The van der Waals surface area contributed by atoms with E-state index in [9.17, 15) is 9.00 Å². The first-order valence-electron chi connectivity index (χ1n) is 1.38. The molecule has 0 amide bonds. The second-order valence-corrected chi connectivity index (χ2v) is 1.43. The van der Waals surface area contributed by atoms with Crippen LogP contribution in [-0.4, -0.2) is 21.6 Å². The molecule has 0 aromatic carbocycles. The number of aliphatic hydroxyl groups excluding tert-OH is 1. The summed E-state index contributed by atoms with van der Waals surface area (Å²) >= 11 is -0.361. The zero-order chi connectivity index (χ0) is 5.86. The molecular weight excluding hydrogens is 198 g/mol. The summed E-state index contributed by atoms with van der Waals surface area (Å²) in [5.41, 5.74) is -1.82. The Morgan fingerprint density at radius 1 is 1.56 bits per heavy atom. The molecule has 0 radical (unpaired) electrons. The third-order valence-corrected chi connectivity index (χ3v) is 0.686. The van der Waals surface area contributed by atoms with E-state index < -0.39 is 11.4 Å². The third kappa shape index (κ3) is 10.7. The summed E-state index contributed by atoms with van der Waals surface area (Å²) in [6.07, 6.45) is 0. The molecule has 0 aromatic rings. The summed E-state index contributed by atoms with van der Waals surface area (Å²) in [4.78, 5) is 9.46. The zero-order valence-corrected chi connectivity index (χ0v) is 12.3. The number of carboxylic acids is 1. The quantitative estimate of drug-likeness (QED) is 0.266. The van der Waals surface area contributed by atoms with E-state index in [-0.39, 0.29) is 117 Å². The maximum atomic E-state index is 9.46. The summed E-state index contributed by atoms with van der Waals surface area (Å²) in [6.45, 7) is 0. The molecule has 0 spiro atoms. The standard InChI is InChI=1S/C2H2O4S.2K.2H/c3-1(4)2(5)7-6;;;;/h2,5H;;;;/q;2*+1;2*-1/p+1. The summed E-state index contributed by atoms with van der Waals surface area (Å²) < 4.78 is 9.36. The van der Waals surface area contributed by atoms with E-state index in [1.54, 1.807) is 0 Å². The maximum Gasteiger partial charge on any atom is 1.00 e. The van der Waals surface area contributed by atoms with E-state index in [1.165, 1.54) is 0 Å². The van der Waals surface area contributed by atoms with Crippen molar-refractivity contribution in [2.24, 2.45) is 0 Å². The van der Waals surface area contributed by atoms with Crippen LogP contribution in [0.4, 0.5) is 0 Å². The van der Waals surface area contributed by atoms with E-state index in [2.05, 4.69) is 0 Å². The van der Waals surface area contributed by atoms with E-state index in [1.807, 2.05) is 0 Å². The molecule has 1 atom stereocenters. The van der Waals surface area contributed by atoms with Gasteiger partial charge in [-0.15, -0.1) is 0 Å². The predicted molar refractivity (Wildman–Crippen MR) is 23.9 cm³/mol. The Kier molecular flexibility index (Phi) is 21.1. The van der Waals surface area contributed by atoms with Crippen LogP contribution in [0.3, 0.4) is 0 Å². The fraction of sp³-hybridized carbons (Fsp3) is 0.500. The van der Waals surface area contributed by atoms with Crippen molar-refractivity contribution in [3.8, 4) is 0 Å². The summed E-state index contributed by atoms with van der Waals surface area (Å²) in [6, 6.07) is 0. The Bertz CT molecular complexity index is 104. The molecule has 1 unspecified atom stereocenters. The van der Waals surface area contributed by atoms with Crippen molar-refractivity contribution < 1.29 is 125 Å². The summed E-state index contributed by atoms with van der Waals surface area (Å²) in [5.74, 6) is -1.50. The van der Waals surface area contributed by atoms with Gasteiger partial charge in [0.2, 0.25) is 0 Å². The minimum Gasteiger partial charge on any atom is -1.00 e. The van der Waals surface area contributed by atoms with Crippen LogP contribution in [0.1, 0.15) is 2.85 Å². The van der Waals surface area contributed by atoms with Crippen molar-refractivity contribution in [1.29, 1.82) is 0 Å². The molecule has 0 aliphatic carbocycles. The Labute approximate surface area is 144 Å². The van der Waals surface area contributed by atoms with Crippen molar-refractivity contribution in [1.82, 2.24) is 0 Å². The first-order chi connectivity index (χ1) is 3.18. The molecule has 2 N–H and O–H groups in total. The molecule has 9 heavy (non-hydrogen) atoms. The van der Waals surface area contributed by atoms with Crippen molar-refractivity contribution in [3.63, 3.8) is 0 Å². The molecule has 44 valence electrons. The minimum atomic E-state index is -1.82. The van der Waals surface area contributed by atoms with Crippen LogP contribution in [0.2, 0.25) is 0 Å². The normalized spacial score (nSPS) is 9.89. The average Bonchev–Trinajstić information content (AvgIpc) is 1.65. The molecule has 0 aliphatic rings. The average molecular weight is 203 g/mol. The second-order valence-electron chi connectivity index (χ2n) is 0.787. The second kappa shape index (κ2) is 10.7. The van der Waals surface area contributed by atoms with Crippen molar-refractivity contribution >= 4 is 17.6 Å². The van der Waals surface area contributed by atoms with Crippen LogP contribution >= 0.6 is 0 Å². The topological polar surface area (TPSA) is 74.6 Å². The molecule has 0 rings (SSSR count). The number of hydrogen-bond acceptors (Lipinski definition) is 3. The van der Waals surface area contributed by atoms with Gasteiger partial charge in [-0.3, -0.25) is 0 Å². The number of aliphatic hydroxyl groups is 1. The number of carbonyl (C=O) groups is 1. The van der Waals surface area contributed by atoms with E-state index in [0.717, 1.165) is 0 Å². The first-order valence-corrected chi connectivity index (χ1v) is 2.18. The summed E-state index contributed by atoms with van der Waals surface area (Å²) in [7, 11) is 0. The Morgan fingerprint density at radius 3 is 1.89 bits per heavy atom. The van der Waals surface area contributed by atoms with Gasteiger partial charge in [-0.1, -0.05) is 0 Å². The Balaban J connectivity index is -0.0000000300. The largest absolute Gasteiger partial charge is 1.00 e. The number of hydrogen-bond donors (Lipinski definition) is 2. The van der Waals surface area contributed by atoms with Crippen LogP contribution < -0.4 is 103 Å². The number of rotatable bonds is 2. The van der Waals surface area contributed by atoms with Crippen molar-refractivity contribution in [3.05, 3.63) is 0 Å². The van der Waals surface area contributed by atoms with Crippen LogP contribution in [-0.2, 0) is 20.7 Å². The monoisotopic (exact) mass is 203 g/mol. The molecule has 0 fully saturated rings. The Hall–Kier alpha value is 2.72. The van der Waals surface area contributed by atoms with E-state index in [4.69, 9.17) is 10.2 Å². The van der Waals surface area contributed by atoms with Gasteiger partial charge in [-0.25, -0.2) is 4.79 Å². The van der Waals surface area contributed by atoms with Gasteiger partial charge in [0.1, 0.15) is 0 Å². The number of aliphatic carboxylic acids is 1. The minimum absolute atomic E-state index is 0. The molecule has 0 aliphatic heterocycles. The van der Waals surface area contributed by atoms with Gasteiger partial charge in [0.25, 0.3) is 0 Å². The maximum absolute atomic E-state index is 9.46. The molecular formula is C2H5K2O4S+. The van der Waals surface area contributed by atoms with Gasteiger partial charge in [0, 0.05) is 4.21 Å². The fourth-order valence-corrected chi connectivity index (χ4v) is 0.123. The zero-order valence-electron chi connectivity index (χ0n) is 7.20. The summed E-state index contributed by atoms with van der Waals surface area (Å²) in [5, 5.41) is 15.7. The first kappa shape index (κ1) is 17.7. The van der Waals surface area contributed by atoms with Crippen LogP contribution in [0, 0.1) is 0 Å². The van der Waals surface area contributed by atoms with Gasteiger partial charge in [0.15, 0.2) is 0 Å². The van der Waals surface area contributed by atoms with E-state index in [0.29, 0.717) is 0 Å². The molecule has 0 saturated heterocycles. The number of carboxylic acid groups (broad SMARTS) is 1. The van der Waals surface area contributed by atoms with Crippen molar-refractivity contribution in [2.75, 3.05) is 0 Å². The molecule has 0 aromatic heterocycles. The van der Waals surface area contributed by atoms with Gasteiger partial charge in [-0.2, -0.15) is 0 Å². The van der Waals surface area contributed by atoms with Crippen LogP contribution in [0.15, 0.2) is 0 Å². The van der Waals surface area contributed by atoms with Crippen LogP contribution in [0.5, 0.6) is 0 Å². The van der Waals surface area contributed by atoms with Crippen molar-refractivity contribution in [2.45, 2.75) is 5.44 Å². The third-order valence-electron chi connectivity index (χ3n) is 0.302. The Morgan fingerprint density at radius 2 is 1.89 bits per heavy atom. The van der Waals surface area contributed by atoms with Crippen LogP contribution in [0.25, 0.3) is 0 Å². The SMILES string of the molecule is O=[S+]C(O)C(=O)O.[H-].[H-].[K+].[K+]. The van der Waals surface area contributed by atoms with E-state index >= 15 is 0 Å². The van der Waals surface area contributed by atoms with Gasteiger partial charge >= 0.3 is 126 Å². The predicted octanol–water partition coefficient (Wildman–Crippen LogP) is -6.95. The molecule has 0 saturated carbocycles. The molecule has 0 bridgehead atoms. The molecule has 0 heterocycles. The van der Waals surface area contributed by atoms with Gasteiger partial charge < -0.3 is 13.1 Å². The van der Waals surface area contributed by atoms with Gasteiger partial charge in [0.05, 0.1) is 0 Å².